The largest absolute Gasteiger partial charge is 0.377 e. The Labute approximate surface area is 172 Å². The number of hydrogen-bond acceptors (Lipinski definition) is 3. The topological polar surface area (TPSA) is 52.7 Å². The quantitative estimate of drug-likeness (QED) is 0.744. The molecule has 2 rings (SSSR count). The van der Waals surface area contributed by atoms with Gasteiger partial charge in [-0.3, -0.25) is 9.59 Å². The Morgan fingerprint density at radius 1 is 1.07 bits per heavy atom. The van der Waals surface area contributed by atoms with Gasteiger partial charge in [0.05, 0.1) is 0 Å². The Morgan fingerprint density at radius 2 is 1.76 bits per heavy atom. The van der Waals surface area contributed by atoms with Crippen LogP contribution in [0.3, 0.4) is 0 Å². The van der Waals surface area contributed by atoms with Crippen LogP contribution >= 0.6 is 0 Å². The van der Waals surface area contributed by atoms with Crippen LogP contribution in [0.1, 0.15) is 43.6 Å². The molecule has 1 atom stereocenters. The summed E-state index contributed by atoms with van der Waals surface area (Å²) in [5.74, 6) is -0.518. The van der Waals surface area contributed by atoms with Crippen molar-refractivity contribution in [1.29, 1.82) is 0 Å². The number of hydrogen-bond donors (Lipinski definition) is 1. The molecule has 0 saturated carbocycles. The van der Waals surface area contributed by atoms with E-state index in [0.29, 0.717) is 18.2 Å². The molecule has 2 amide bonds. The Kier molecular flexibility index (Phi) is 7.37. The standard InChI is InChI=1S/C23H30FN3O2/c1-15(2)16(3)27(17(4)28)14-19-13-21(10-11-22(19)26(5)6)25-23(29)18-8-7-9-20(24)12-18/h7-13,15-16H,14H2,1-6H3,(H,25,29). The second kappa shape index (κ2) is 9.54. The molecule has 0 radical (unpaired) electrons. The van der Waals surface area contributed by atoms with Crippen LogP contribution in [-0.4, -0.2) is 36.9 Å². The van der Waals surface area contributed by atoms with Crippen LogP contribution in [0.15, 0.2) is 42.5 Å². The summed E-state index contributed by atoms with van der Waals surface area (Å²) in [4.78, 5) is 28.6. The maximum Gasteiger partial charge on any atom is 0.255 e. The van der Waals surface area contributed by atoms with Crippen molar-refractivity contribution < 1.29 is 14.0 Å². The second-order valence-corrected chi connectivity index (χ2v) is 7.83. The fraction of sp³-hybridized carbons (Fsp3) is 0.391. The number of benzene rings is 2. The number of halogens is 1. The van der Waals surface area contributed by atoms with Gasteiger partial charge in [0.1, 0.15) is 5.82 Å². The van der Waals surface area contributed by atoms with Crippen LogP contribution in [-0.2, 0) is 11.3 Å². The normalized spacial score (nSPS) is 11.9. The minimum Gasteiger partial charge on any atom is -0.377 e. The first-order chi connectivity index (χ1) is 13.6. The summed E-state index contributed by atoms with van der Waals surface area (Å²) < 4.78 is 13.4. The van der Waals surface area contributed by atoms with Crippen molar-refractivity contribution in [3.05, 3.63) is 59.4 Å². The zero-order valence-corrected chi connectivity index (χ0v) is 18.0. The summed E-state index contributed by atoms with van der Waals surface area (Å²) in [5.41, 5.74) is 2.74. The van der Waals surface area contributed by atoms with Crippen LogP contribution in [0, 0.1) is 11.7 Å². The highest BCUT2D eigenvalue weighted by Crippen LogP contribution is 2.26. The molecule has 5 nitrogen and oxygen atoms in total. The highest BCUT2D eigenvalue weighted by molar-refractivity contribution is 6.04. The Hall–Kier alpha value is -2.89. The number of nitrogens with one attached hydrogen (secondary N) is 1. The van der Waals surface area contributed by atoms with Crippen molar-refractivity contribution in [3.63, 3.8) is 0 Å². The number of nitrogens with zero attached hydrogens (tertiary/aromatic N) is 2. The van der Waals surface area contributed by atoms with Crippen molar-refractivity contribution >= 4 is 23.2 Å². The second-order valence-electron chi connectivity index (χ2n) is 7.83. The number of amides is 2. The first-order valence-corrected chi connectivity index (χ1v) is 9.74. The lowest BCUT2D eigenvalue weighted by molar-refractivity contribution is -0.132. The minimum absolute atomic E-state index is 0.00473. The third-order valence-electron chi connectivity index (χ3n) is 5.11. The fourth-order valence-corrected chi connectivity index (χ4v) is 3.14. The van der Waals surface area contributed by atoms with Crippen LogP contribution in [0.5, 0.6) is 0 Å². The Morgan fingerprint density at radius 3 is 2.31 bits per heavy atom. The Balaban J connectivity index is 2.33. The molecule has 0 saturated heterocycles. The van der Waals surface area contributed by atoms with Gasteiger partial charge in [0.25, 0.3) is 5.91 Å². The Bertz CT molecular complexity index is 880. The summed E-state index contributed by atoms with van der Waals surface area (Å²) in [6.45, 7) is 8.22. The summed E-state index contributed by atoms with van der Waals surface area (Å²) >= 11 is 0. The molecule has 1 unspecified atom stereocenters. The smallest absolute Gasteiger partial charge is 0.255 e. The van der Waals surface area contributed by atoms with Crippen molar-refractivity contribution in [2.24, 2.45) is 5.92 Å². The van der Waals surface area contributed by atoms with Gasteiger partial charge in [0, 0.05) is 50.5 Å². The molecule has 0 aliphatic rings. The summed E-state index contributed by atoms with van der Waals surface area (Å²) in [6, 6.07) is 11.2. The summed E-state index contributed by atoms with van der Waals surface area (Å²) in [7, 11) is 3.88. The van der Waals surface area contributed by atoms with Crippen molar-refractivity contribution in [2.75, 3.05) is 24.3 Å². The molecular formula is C23H30FN3O2. The van der Waals surface area contributed by atoms with Crippen molar-refractivity contribution in [2.45, 2.75) is 40.3 Å². The first kappa shape index (κ1) is 22.4. The molecule has 29 heavy (non-hydrogen) atoms. The van der Waals surface area contributed by atoms with Crippen molar-refractivity contribution in [3.8, 4) is 0 Å². The summed E-state index contributed by atoms with van der Waals surface area (Å²) in [5, 5.41) is 2.82. The maximum atomic E-state index is 13.4. The number of anilines is 2. The average molecular weight is 400 g/mol. The van der Waals surface area contributed by atoms with E-state index in [1.165, 1.54) is 18.2 Å². The van der Waals surface area contributed by atoms with Crippen LogP contribution in [0.4, 0.5) is 15.8 Å². The van der Waals surface area contributed by atoms with E-state index in [0.717, 1.165) is 11.3 Å². The molecule has 0 spiro atoms. The molecule has 0 aliphatic carbocycles. The number of rotatable bonds is 7. The lowest BCUT2D eigenvalue weighted by Crippen LogP contribution is -2.39. The van der Waals surface area contributed by atoms with Crippen LogP contribution in [0.2, 0.25) is 0 Å². The molecule has 2 aromatic rings. The molecule has 0 heterocycles. The molecular weight excluding hydrogens is 369 g/mol. The van der Waals surface area contributed by atoms with Gasteiger partial charge in [-0.1, -0.05) is 19.9 Å². The minimum atomic E-state index is -0.457. The van der Waals surface area contributed by atoms with E-state index < -0.39 is 5.82 Å². The lowest BCUT2D eigenvalue weighted by atomic mass is 10.0. The van der Waals surface area contributed by atoms with E-state index in [2.05, 4.69) is 19.2 Å². The highest BCUT2D eigenvalue weighted by atomic mass is 19.1. The molecule has 0 aromatic heterocycles. The van der Waals surface area contributed by atoms with Crippen LogP contribution < -0.4 is 10.2 Å². The SMILES string of the molecule is CC(=O)N(Cc1cc(NC(=O)c2cccc(F)c2)ccc1N(C)C)C(C)C(C)C. The van der Waals surface area contributed by atoms with E-state index in [1.54, 1.807) is 19.1 Å². The molecule has 6 heteroatoms. The van der Waals surface area contributed by atoms with Gasteiger partial charge in [-0.15, -0.1) is 0 Å². The third kappa shape index (κ3) is 5.79. The van der Waals surface area contributed by atoms with Gasteiger partial charge in [-0.25, -0.2) is 4.39 Å². The monoisotopic (exact) mass is 399 g/mol. The molecule has 0 aliphatic heterocycles. The molecule has 156 valence electrons. The van der Waals surface area contributed by atoms with Gasteiger partial charge in [-0.2, -0.15) is 0 Å². The molecule has 2 aromatic carbocycles. The molecule has 0 bridgehead atoms. The van der Waals surface area contributed by atoms with E-state index in [1.807, 2.05) is 43.0 Å². The third-order valence-corrected chi connectivity index (χ3v) is 5.11. The van der Waals surface area contributed by atoms with E-state index in [9.17, 15) is 14.0 Å². The zero-order chi connectivity index (χ0) is 21.7. The van der Waals surface area contributed by atoms with Crippen LogP contribution in [0.25, 0.3) is 0 Å². The van der Waals surface area contributed by atoms with E-state index >= 15 is 0 Å². The number of carbonyl (C=O) groups excluding carboxylic acids is 2. The van der Waals surface area contributed by atoms with Gasteiger partial charge in [-0.05, 0) is 54.8 Å². The van der Waals surface area contributed by atoms with Gasteiger partial charge >= 0.3 is 0 Å². The lowest BCUT2D eigenvalue weighted by Gasteiger charge is -2.32. The van der Waals surface area contributed by atoms with E-state index in [4.69, 9.17) is 0 Å². The van der Waals surface area contributed by atoms with Gasteiger partial charge in [0.15, 0.2) is 0 Å². The fourth-order valence-electron chi connectivity index (χ4n) is 3.14. The van der Waals surface area contributed by atoms with E-state index in [-0.39, 0.29) is 23.4 Å². The number of carbonyl (C=O) groups is 2. The molecule has 1 N–H and O–H groups in total. The highest BCUT2D eigenvalue weighted by Gasteiger charge is 2.22. The van der Waals surface area contributed by atoms with Gasteiger partial charge < -0.3 is 15.1 Å². The molecule has 0 fully saturated rings. The predicted octanol–water partition coefficient (Wildman–Crippen LogP) is 4.54. The average Bonchev–Trinajstić information content (AvgIpc) is 2.65. The first-order valence-electron chi connectivity index (χ1n) is 9.74. The zero-order valence-electron chi connectivity index (χ0n) is 18.0. The van der Waals surface area contributed by atoms with Crippen molar-refractivity contribution in [1.82, 2.24) is 4.90 Å². The maximum absolute atomic E-state index is 13.4. The summed E-state index contributed by atoms with van der Waals surface area (Å²) in [6.07, 6.45) is 0. The van der Waals surface area contributed by atoms with Gasteiger partial charge in [0.2, 0.25) is 5.91 Å². The predicted molar refractivity (Wildman–Crippen MR) is 116 cm³/mol.